The number of likely N-dealkylation sites (tertiary alicyclic amines) is 1. The lowest BCUT2D eigenvalue weighted by atomic mass is 9.91. The van der Waals surface area contributed by atoms with Gasteiger partial charge >= 0.3 is 0 Å². The number of hydrogen-bond acceptors (Lipinski definition) is 2. The highest BCUT2D eigenvalue weighted by Gasteiger charge is 2.24. The van der Waals surface area contributed by atoms with E-state index in [0.717, 1.165) is 30.1 Å². The van der Waals surface area contributed by atoms with Crippen LogP contribution >= 0.6 is 0 Å². The zero-order chi connectivity index (χ0) is 13.1. The molecular weight excluding hydrogens is 227 g/mol. The van der Waals surface area contributed by atoms with Crippen molar-refractivity contribution in [2.24, 2.45) is 11.7 Å². The van der Waals surface area contributed by atoms with E-state index in [0.29, 0.717) is 12.6 Å². The van der Waals surface area contributed by atoms with Gasteiger partial charge in [0.25, 0.3) is 0 Å². The predicted octanol–water partition coefficient (Wildman–Crippen LogP) is 2.90. The zero-order valence-corrected chi connectivity index (χ0v) is 11.3. The van der Waals surface area contributed by atoms with Gasteiger partial charge in [-0.2, -0.15) is 0 Å². The number of nitrogens with zero attached hydrogens (tertiary/aromatic N) is 1. The van der Waals surface area contributed by atoms with Crippen molar-refractivity contribution >= 4 is 0 Å². The lowest BCUT2D eigenvalue weighted by Gasteiger charge is -2.38. The Morgan fingerprint density at radius 2 is 2.00 bits per heavy atom. The summed E-state index contributed by atoms with van der Waals surface area (Å²) in [6.07, 6.45) is 2.54. The van der Waals surface area contributed by atoms with Crippen molar-refractivity contribution in [2.75, 3.05) is 6.54 Å². The second-order valence-electron chi connectivity index (χ2n) is 5.50. The molecular formula is C15H23FN2. The molecule has 1 fully saturated rings. The van der Waals surface area contributed by atoms with Crippen LogP contribution in [0.15, 0.2) is 18.2 Å². The summed E-state index contributed by atoms with van der Waals surface area (Å²) in [5.74, 6) is 0.548. The van der Waals surface area contributed by atoms with Crippen LogP contribution in [0.4, 0.5) is 4.39 Å². The summed E-state index contributed by atoms with van der Waals surface area (Å²) in [6, 6.07) is 5.75. The van der Waals surface area contributed by atoms with E-state index in [2.05, 4.69) is 18.7 Å². The van der Waals surface area contributed by atoms with Crippen LogP contribution in [0.5, 0.6) is 0 Å². The summed E-state index contributed by atoms with van der Waals surface area (Å²) in [5.41, 5.74) is 7.51. The Kier molecular flexibility index (Phi) is 4.36. The van der Waals surface area contributed by atoms with Crippen LogP contribution in [-0.4, -0.2) is 17.5 Å². The number of benzene rings is 1. The van der Waals surface area contributed by atoms with Gasteiger partial charge in [0.1, 0.15) is 5.82 Å². The predicted molar refractivity (Wildman–Crippen MR) is 72.6 cm³/mol. The molecule has 2 rings (SSSR count). The van der Waals surface area contributed by atoms with E-state index in [9.17, 15) is 4.39 Å². The minimum Gasteiger partial charge on any atom is -0.326 e. The van der Waals surface area contributed by atoms with E-state index < -0.39 is 0 Å². The van der Waals surface area contributed by atoms with Crippen molar-refractivity contribution in [3.63, 3.8) is 0 Å². The molecule has 18 heavy (non-hydrogen) atoms. The number of nitrogens with two attached hydrogens (primary N) is 1. The van der Waals surface area contributed by atoms with Crippen LogP contribution in [0.3, 0.4) is 0 Å². The molecule has 2 N–H and O–H groups in total. The largest absolute Gasteiger partial charge is 0.326 e. The third kappa shape index (κ3) is 3.09. The third-order valence-corrected chi connectivity index (χ3v) is 4.14. The molecule has 100 valence electrons. The highest BCUT2D eigenvalue weighted by Crippen LogP contribution is 2.24. The lowest BCUT2D eigenvalue weighted by molar-refractivity contribution is 0.106. The summed E-state index contributed by atoms with van der Waals surface area (Å²) in [5, 5.41) is 0. The van der Waals surface area contributed by atoms with E-state index >= 15 is 0 Å². The van der Waals surface area contributed by atoms with E-state index in [4.69, 9.17) is 5.73 Å². The van der Waals surface area contributed by atoms with Crippen LogP contribution < -0.4 is 5.73 Å². The molecule has 1 aromatic carbocycles. The molecule has 3 heteroatoms. The van der Waals surface area contributed by atoms with Gasteiger partial charge < -0.3 is 5.73 Å². The fourth-order valence-electron chi connectivity index (χ4n) is 2.81. The van der Waals surface area contributed by atoms with Gasteiger partial charge in [-0.1, -0.05) is 13.0 Å². The van der Waals surface area contributed by atoms with Crippen LogP contribution in [0.25, 0.3) is 0 Å². The molecule has 1 heterocycles. The summed E-state index contributed by atoms with van der Waals surface area (Å²) in [7, 11) is 0. The SMILES string of the molecule is CC1CCCN(Cc2cc(F)cc(CN)c2)C1C. The summed E-state index contributed by atoms with van der Waals surface area (Å²) >= 11 is 0. The fraction of sp³-hybridized carbons (Fsp3) is 0.600. The van der Waals surface area contributed by atoms with Crippen molar-refractivity contribution in [3.8, 4) is 0 Å². The van der Waals surface area contributed by atoms with Gasteiger partial charge in [0, 0.05) is 19.1 Å². The second-order valence-corrected chi connectivity index (χ2v) is 5.50. The normalized spacial score (nSPS) is 25.3. The fourth-order valence-corrected chi connectivity index (χ4v) is 2.81. The highest BCUT2D eigenvalue weighted by molar-refractivity contribution is 5.24. The van der Waals surface area contributed by atoms with Gasteiger partial charge in [0.05, 0.1) is 0 Å². The molecule has 1 saturated heterocycles. The summed E-state index contributed by atoms with van der Waals surface area (Å²) in [4.78, 5) is 2.45. The second kappa shape index (κ2) is 5.81. The quantitative estimate of drug-likeness (QED) is 0.893. The summed E-state index contributed by atoms with van der Waals surface area (Å²) < 4.78 is 13.5. The van der Waals surface area contributed by atoms with Gasteiger partial charge in [-0.15, -0.1) is 0 Å². The van der Waals surface area contributed by atoms with Gasteiger partial charge in [0.15, 0.2) is 0 Å². The van der Waals surface area contributed by atoms with E-state index in [-0.39, 0.29) is 5.82 Å². The minimum atomic E-state index is -0.175. The molecule has 1 aromatic rings. The monoisotopic (exact) mass is 250 g/mol. The molecule has 0 aliphatic carbocycles. The first kappa shape index (κ1) is 13.5. The average Bonchev–Trinajstić information content (AvgIpc) is 2.34. The maximum atomic E-state index is 13.5. The van der Waals surface area contributed by atoms with Crippen LogP contribution in [0.1, 0.15) is 37.8 Å². The lowest BCUT2D eigenvalue weighted by Crippen LogP contribution is -2.41. The number of piperidine rings is 1. The molecule has 0 radical (unpaired) electrons. The van der Waals surface area contributed by atoms with Crippen LogP contribution in [-0.2, 0) is 13.1 Å². The van der Waals surface area contributed by atoms with Gasteiger partial charge in [0.2, 0.25) is 0 Å². The standard InChI is InChI=1S/C15H23FN2/c1-11-4-3-5-18(12(11)2)10-14-6-13(9-17)7-15(16)8-14/h6-8,11-12H,3-5,9-10,17H2,1-2H3. The molecule has 0 spiro atoms. The summed E-state index contributed by atoms with van der Waals surface area (Å²) in [6.45, 7) is 6.91. The molecule has 0 saturated carbocycles. The number of rotatable bonds is 3. The molecule has 1 aliphatic rings. The van der Waals surface area contributed by atoms with Gasteiger partial charge in [-0.05, 0) is 55.5 Å². The van der Waals surface area contributed by atoms with Crippen molar-refractivity contribution in [1.82, 2.24) is 4.90 Å². The maximum Gasteiger partial charge on any atom is 0.123 e. The van der Waals surface area contributed by atoms with E-state index in [1.165, 1.54) is 18.9 Å². The van der Waals surface area contributed by atoms with E-state index in [1.807, 2.05) is 6.07 Å². The van der Waals surface area contributed by atoms with Gasteiger partial charge in [-0.3, -0.25) is 4.90 Å². The Morgan fingerprint density at radius 3 is 2.72 bits per heavy atom. The molecule has 2 atom stereocenters. The molecule has 0 bridgehead atoms. The Hall–Kier alpha value is -0.930. The average molecular weight is 250 g/mol. The van der Waals surface area contributed by atoms with Gasteiger partial charge in [-0.25, -0.2) is 4.39 Å². The molecule has 2 unspecified atom stereocenters. The molecule has 1 aliphatic heterocycles. The first-order chi connectivity index (χ1) is 8.60. The first-order valence-corrected chi connectivity index (χ1v) is 6.82. The van der Waals surface area contributed by atoms with Crippen molar-refractivity contribution in [1.29, 1.82) is 0 Å². The van der Waals surface area contributed by atoms with Crippen molar-refractivity contribution in [2.45, 2.75) is 45.8 Å². The molecule has 0 amide bonds. The molecule has 0 aromatic heterocycles. The molecule has 2 nitrogen and oxygen atoms in total. The Bertz CT molecular complexity index is 405. The number of hydrogen-bond donors (Lipinski definition) is 1. The first-order valence-electron chi connectivity index (χ1n) is 6.82. The topological polar surface area (TPSA) is 29.3 Å². The third-order valence-electron chi connectivity index (χ3n) is 4.14. The van der Waals surface area contributed by atoms with E-state index in [1.54, 1.807) is 6.07 Å². The number of halogens is 1. The van der Waals surface area contributed by atoms with Crippen LogP contribution in [0.2, 0.25) is 0 Å². The zero-order valence-electron chi connectivity index (χ0n) is 11.3. The Labute approximate surface area is 109 Å². The Morgan fingerprint density at radius 1 is 1.28 bits per heavy atom. The highest BCUT2D eigenvalue weighted by atomic mass is 19.1. The Balaban J connectivity index is 2.10. The smallest absolute Gasteiger partial charge is 0.123 e. The maximum absolute atomic E-state index is 13.5. The van der Waals surface area contributed by atoms with Crippen molar-refractivity contribution in [3.05, 3.63) is 35.1 Å². The van der Waals surface area contributed by atoms with Crippen LogP contribution in [0, 0.1) is 11.7 Å². The minimum absolute atomic E-state index is 0.175. The van der Waals surface area contributed by atoms with Crippen molar-refractivity contribution < 1.29 is 4.39 Å².